The summed E-state index contributed by atoms with van der Waals surface area (Å²) in [5.41, 5.74) is 2.83. The van der Waals surface area contributed by atoms with Gasteiger partial charge in [-0.1, -0.05) is 23.9 Å². The van der Waals surface area contributed by atoms with E-state index in [0.29, 0.717) is 24.1 Å². The van der Waals surface area contributed by atoms with E-state index in [9.17, 15) is 4.79 Å². The normalized spacial score (nSPS) is 19.3. The third-order valence-electron chi connectivity index (χ3n) is 4.54. The lowest BCUT2D eigenvalue weighted by Crippen LogP contribution is -2.31. The molecule has 7 heteroatoms. The number of ketones is 1. The van der Waals surface area contributed by atoms with Crippen LogP contribution in [0.3, 0.4) is 0 Å². The van der Waals surface area contributed by atoms with Gasteiger partial charge in [0, 0.05) is 17.7 Å². The molecule has 0 bridgehead atoms. The molecule has 0 amide bonds. The van der Waals surface area contributed by atoms with E-state index in [0.717, 1.165) is 35.4 Å². The Bertz CT molecular complexity index is 841. The fourth-order valence-electron chi connectivity index (χ4n) is 3.44. The van der Waals surface area contributed by atoms with E-state index < -0.39 is 0 Å². The minimum Gasteiger partial charge on any atom is -0.494 e. The topological polar surface area (TPSA) is 69.0 Å². The minimum atomic E-state index is -0.233. The number of hydrogen-bond donors (Lipinski definition) is 1. The molecule has 2 heterocycles. The van der Waals surface area contributed by atoms with Gasteiger partial charge in [-0.3, -0.25) is 4.79 Å². The van der Waals surface area contributed by atoms with Crippen molar-refractivity contribution in [2.75, 3.05) is 18.2 Å². The number of aromatic nitrogens is 3. The number of hydrogen-bond acceptors (Lipinski definition) is 6. The van der Waals surface area contributed by atoms with Gasteiger partial charge in [-0.05, 0) is 43.7 Å². The Hall–Kier alpha value is -2.28. The first-order chi connectivity index (χ1) is 12.2. The molecule has 2 aliphatic rings. The fraction of sp³-hybridized carbons (Fsp3) is 0.389. The molecule has 25 heavy (non-hydrogen) atoms. The van der Waals surface area contributed by atoms with Gasteiger partial charge < -0.3 is 10.1 Å². The number of anilines is 1. The zero-order valence-electron chi connectivity index (χ0n) is 14.3. The summed E-state index contributed by atoms with van der Waals surface area (Å²) in [7, 11) is 0. The van der Waals surface area contributed by atoms with E-state index in [4.69, 9.17) is 4.74 Å². The Balaban J connectivity index is 1.82. The predicted molar refractivity (Wildman–Crippen MR) is 97.1 cm³/mol. The number of rotatable bonds is 4. The van der Waals surface area contributed by atoms with Crippen molar-refractivity contribution in [1.82, 2.24) is 14.8 Å². The maximum atomic E-state index is 12.7. The summed E-state index contributed by atoms with van der Waals surface area (Å²) < 4.78 is 7.37. The highest BCUT2D eigenvalue weighted by atomic mass is 32.2. The summed E-state index contributed by atoms with van der Waals surface area (Å²) >= 11 is 1.50. The molecule has 1 aromatic carbocycles. The standard InChI is InChI=1S/C18H20N4O2S/c1-3-24-12-9-7-11(8-10-12)16-15-13(5-4-6-14(15)23)19-17-20-18(25-2)21-22(16)17/h7-10,16H,3-6H2,1-2H3,(H,19,20,21)/t16-/m1/s1. The van der Waals surface area contributed by atoms with Crippen LogP contribution in [0, 0.1) is 0 Å². The second-order valence-corrected chi connectivity index (χ2v) is 6.84. The van der Waals surface area contributed by atoms with E-state index in [2.05, 4.69) is 15.4 Å². The molecular formula is C18H20N4O2S. The second kappa shape index (κ2) is 6.55. The van der Waals surface area contributed by atoms with Crippen molar-refractivity contribution in [2.24, 2.45) is 0 Å². The van der Waals surface area contributed by atoms with Crippen LogP contribution < -0.4 is 10.1 Å². The van der Waals surface area contributed by atoms with Crippen molar-refractivity contribution in [2.45, 2.75) is 37.4 Å². The first kappa shape index (κ1) is 16.2. The quantitative estimate of drug-likeness (QED) is 0.847. The van der Waals surface area contributed by atoms with Gasteiger partial charge in [0.05, 0.1) is 6.61 Å². The van der Waals surface area contributed by atoms with Crippen molar-refractivity contribution < 1.29 is 9.53 Å². The van der Waals surface area contributed by atoms with Crippen molar-refractivity contribution >= 4 is 23.5 Å². The van der Waals surface area contributed by atoms with Gasteiger partial charge in [0.25, 0.3) is 0 Å². The first-order valence-electron chi connectivity index (χ1n) is 8.47. The molecule has 0 fully saturated rings. The lowest BCUT2D eigenvalue weighted by Gasteiger charge is -2.32. The molecule has 1 aliphatic heterocycles. The first-order valence-corrected chi connectivity index (χ1v) is 9.70. The number of allylic oxidation sites excluding steroid dienone is 2. The molecule has 1 N–H and O–H groups in total. The number of carbonyl (C=O) groups is 1. The van der Waals surface area contributed by atoms with E-state index in [-0.39, 0.29) is 11.8 Å². The van der Waals surface area contributed by atoms with E-state index in [1.54, 1.807) is 0 Å². The fourth-order valence-corrected chi connectivity index (χ4v) is 3.79. The van der Waals surface area contributed by atoms with Crippen LogP contribution in [0.2, 0.25) is 0 Å². The van der Waals surface area contributed by atoms with Crippen molar-refractivity contribution in [3.05, 3.63) is 41.1 Å². The average molecular weight is 356 g/mol. The third-order valence-corrected chi connectivity index (χ3v) is 5.08. The van der Waals surface area contributed by atoms with Gasteiger partial charge in [0.2, 0.25) is 11.1 Å². The highest BCUT2D eigenvalue weighted by molar-refractivity contribution is 7.98. The number of fused-ring (bicyclic) bond motifs is 1. The SMILES string of the molecule is CCOc1ccc([C@@H]2C3=C(CCCC3=O)Nc3nc(SC)nn32)cc1. The number of nitrogens with zero attached hydrogens (tertiary/aromatic N) is 3. The summed E-state index contributed by atoms with van der Waals surface area (Å²) in [5.74, 6) is 1.73. The van der Waals surface area contributed by atoms with Crippen LogP contribution in [0.1, 0.15) is 37.8 Å². The van der Waals surface area contributed by atoms with Crippen LogP contribution in [0.5, 0.6) is 5.75 Å². The highest BCUT2D eigenvalue weighted by Crippen LogP contribution is 2.40. The molecule has 0 radical (unpaired) electrons. The number of benzene rings is 1. The van der Waals surface area contributed by atoms with Gasteiger partial charge in [-0.25, -0.2) is 4.68 Å². The van der Waals surface area contributed by atoms with Crippen molar-refractivity contribution in [1.29, 1.82) is 0 Å². The maximum absolute atomic E-state index is 12.7. The summed E-state index contributed by atoms with van der Waals surface area (Å²) in [5, 5.41) is 8.63. The lowest BCUT2D eigenvalue weighted by atomic mass is 9.85. The Kier molecular flexibility index (Phi) is 4.25. The summed E-state index contributed by atoms with van der Waals surface area (Å²) in [4.78, 5) is 17.2. The molecule has 0 spiro atoms. The Morgan fingerprint density at radius 3 is 2.84 bits per heavy atom. The second-order valence-electron chi connectivity index (χ2n) is 6.07. The number of nitrogens with one attached hydrogen (secondary N) is 1. The van der Waals surface area contributed by atoms with Crippen molar-refractivity contribution in [3.63, 3.8) is 0 Å². The third kappa shape index (κ3) is 2.82. The predicted octanol–water partition coefficient (Wildman–Crippen LogP) is 3.42. The summed E-state index contributed by atoms with van der Waals surface area (Å²) in [6.45, 7) is 2.59. The zero-order chi connectivity index (χ0) is 17.4. The van der Waals surface area contributed by atoms with Crippen LogP contribution in [0.25, 0.3) is 0 Å². The van der Waals surface area contributed by atoms with E-state index in [1.165, 1.54) is 11.8 Å². The minimum absolute atomic E-state index is 0.194. The smallest absolute Gasteiger partial charge is 0.227 e. The molecule has 4 rings (SSSR count). The average Bonchev–Trinajstić information content (AvgIpc) is 3.04. The molecule has 0 unspecified atom stereocenters. The van der Waals surface area contributed by atoms with Gasteiger partial charge >= 0.3 is 0 Å². The number of ether oxygens (including phenoxy) is 1. The number of carbonyl (C=O) groups excluding carboxylic acids is 1. The van der Waals surface area contributed by atoms with Crippen LogP contribution in [0.4, 0.5) is 5.95 Å². The Morgan fingerprint density at radius 1 is 1.32 bits per heavy atom. The molecule has 130 valence electrons. The van der Waals surface area contributed by atoms with E-state index >= 15 is 0 Å². The monoisotopic (exact) mass is 356 g/mol. The maximum Gasteiger partial charge on any atom is 0.227 e. The van der Waals surface area contributed by atoms with Crippen LogP contribution in [0.15, 0.2) is 40.7 Å². The van der Waals surface area contributed by atoms with Crippen LogP contribution >= 0.6 is 11.8 Å². The lowest BCUT2D eigenvalue weighted by molar-refractivity contribution is -0.116. The summed E-state index contributed by atoms with van der Waals surface area (Å²) in [6, 6.07) is 7.68. The molecule has 1 aromatic heterocycles. The van der Waals surface area contributed by atoms with Crippen LogP contribution in [-0.4, -0.2) is 33.4 Å². The van der Waals surface area contributed by atoms with Crippen molar-refractivity contribution in [3.8, 4) is 5.75 Å². The molecule has 1 aliphatic carbocycles. The van der Waals surface area contributed by atoms with Gasteiger partial charge in [-0.15, -0.1) is 5.10 Å². The van der Waals surface area contributed by atoms with Gasteiger partial charge in [-0.2, -0.15) is 4.98 Å². The molecule has 2 aromatic rings. The number of Topliss-reactive ketones (excluding diaryl/α,β-unsaturated/α-hetero) is 1. The van der Waals surface area contributed by atoms with Crippen LogP contribution in [-0.2, 0) is 4.79 Å². The van der Waals surface area contributed by atoms with Gasteiger partial charge in [0.1, 0.15) is 11.8 Å². The number of thioether (sulfide) groups is 1. The Morgan fingerprint density at radius 2 is 2.12 bits per heavy atom. The largest absolute Gasteiger partial charge is 0.494 e. The molecule has 0 saturated carbocycles. The van der Waals surface area contributed by atoms with Gasteiger partial charge in [0.15, 0.2) is 5.78 Å². The zero-order valence-corrected chi connectivity index (χ0v) is 15.1. The highest BCUT2D eigenvalue weighted by Gasteiger charge is 2.36. The molecule has 6 nitrogen and oxygen atoms in total. The molecule has 0 saturated heterocycles. The molecule has 1 atom stereocenters. The van der Waals surface area contributed by atoms with E-state index in [1.807, 2.05) is 42.1 Å². The Labute approximate surface area is 150 Å². The molecular weight excluding hydrogens is 336 g/mol. The summed E-state index contributed by atoms with van der Waals surface area (Å²) in [6.07, 6.45) is 4.29.